The molecule has 0 aliphatic heterocycles. The first-order valence-electron chi connectivity index (χ1n) is 7.94. The Morgan fingerprint density at radius 3 is 2.44 bits per heavy atom. The lowest BCUT2D eigenvalue weighted by Crippen LogP contribution is -2.38. The summed E-state index contributed by atoms with van der Waals surface area (Å²) in [5.41, 5.74) is 1.89. The maximum atomic E-state index is 12.4. The summed E-state index contributed by atoms with van der Waals surface area (Å²) in [5.74, 6) is -0.148. The minimum absolute atomic E-state index is 0.148. The number of hydrogen-bond donors (Lipinski definition) is 1. The Kier molecular flexibility index (Phi) is 6.82. The molecule has 136 valence electrons. The van der Waals surface area contributed by atoms with Gasteiger partial charge in [-0.15, -0.1) is 11.3 Å². The molecule has 2 rings (SSSR count). The van der Waals surface area contributed by atoms with Crippen molar-refractivity contribution in [1.82, 2.24) is 5.32 Å². The fraction of sp³-hybridized carbons (Fsp3) is 0.389. The Morgan fingerprint density at radius 1 is 1.28 bits per heavy atom. The fourth-order valence-electron chi connectivity index (χ4n) is 2.46. The minimum Gasteiger partial charge on any atom is -0.348 e. The van der Waals surface area contributed by atoms with Gasteiger partial charge in [-0.2, -0.15) is 0 Å². The standard InChI is InChI=1S/C18H22BrNO3S2/c1-12-4-6-14(7-5-12)18(13(2)25(3,22)23)20-17(21)9-8-16-10-15(19)11-24-16/h4-7,10-11,13,18H,8-9H2,1-3H3,(H,20,21). The van der Waals surface area contributed by atoms with E-state index >= 15 is 0 Å². The van der Waals surface area contributed by atoms with E-state index in [1.165, 1.54) is 6.26 Å². The van der Waals surface area contributed by atoms with Gasteiger partial charge in [-0.05, 0) is 47.8 Å². The number of amides is 1. The van der Waals surface area contributed by atoms with Gasteiger partial charge >= 0.3 is 0 Å². The number of benzene rings is 1. The monoisotopic (exact) mass is 443 g/mol. The summed E-state index contributed by atoms with van der Waals surface area (Å²) >= 11 is 5.00. The number of nitrogens with one attached hydrogen (secondary N) is 1. The second-order valence-corrected chi connectivity index (χ2v) is 10.5. The van der Waals surface area contributed by atoms with Crippen molar-refractivity contribution in [3.63, 3.8) is 0 Å². The second-order valence-electron chi connectivity index (χ2n) is 6.22. The van der Waals surface area contributed by atoms with Gasteiger partial charge in [0, 0.05) is 27.4 Å². The highest BCUT2D eigenvalue weighted by molar-refractivity contribution is 9.10. The van der Waals surface area contributed by atoms with Crippen molar-refractivity contribution >= 4 is 43.0 Å². The molecule has 0 fully saturated rings. The molecule has 7 heteroatoms. The number of aryl methyl sites for hydroxylation is 2. The van der Waals surface area contributed by atoms with Gasteiger partial charge in [-0.25, -0.2) is 8.42 Å². The van der Waals surface area contributed by atoms with Crippen molar-refractivity contribution < 1.29 is 13.2 Å². The number of sulfone groups is 1. The van der Waals surface area contributed by atoms with Crippen LogP contribution in [0.2, 0.25) is 0 Å². The Hall–Kier alpha value is -1.18. The predicted molar refractivity (Wildman–Crippen MR) is 107 cm³/mol. The lowest BCUT2D eigenvalue weighted by atomic mass is 10.0. The van der Waals surface area contributed by atoms with E-state index in [1.807, 2.05) is 42.6 Å². The van der Waals surface area contributed by atoms with Crippen LogP contribution in [-0.2, 0) is 21.1 Å². The average Bonchev–Trinajstić information content (AvgIpc) is 2.95. The molecule has 1 aromatic heterocycles. The summed E-state index contributed by atoms with van der Waals surface area (Å²) in [7, 11) is -3.29. The smallest absolute Gasteiger partial charge is 0.220 e. The third-order valence-electron chi connectivity index (χ3n) is 4.12. The third-order valence-corrected chi connectivity index (χ3v) is 7.50. The molecule has 25 heavy (non-hydrogen) atoms. The number of rotatable bonds is 7. The number of carbonyl (C=O) groups is 1. The van der Waals surface area contributed by atoms with Crippen molar-refractivity contribution in [3.8, 4) is 0 Å². The Balaban J connectivity index is 2.12. The molecule has 0 aliphatic carbocycles. The first-order valence-corrected chi connectivity index (χ1v) is 11.6. The zero-order valence-electron chi connectivity index (χ0n) is 14.5. The molecule has 1 N–H and O–H groups in total. The fourth-order valence-corrected chi connectivity index (χ4v) is 4.63. The molecular weight excluding hydrogens is 422 g/mol. The molecular formula is C18H22BrNO3S2. The summed E-state index contributed by atoms with van der Waals surface area (Å²) < 4.78 is 25.1. The van der Waals surface area contributed by atoms with E-state index in [0.29, 0.717) is 12.8 Å². The quantitative estimate of drug-likeness (QED) is 0.701. The molecule has 0 aliphatic rings. The Bertz CT molecular complexity index is 828. The van der Waals surface area contributed by atoms with Gasteiger partial charge < -0.3 is 5.32 Å². The van der Waals surface area contributed by atoms with E-state index in [1.54, 1.807) is 18.3 Å². The second kappa shape index (κ2) is 8.47. The number of hydrogen-bond acceptors (Lipinski definition) is 4. The Morgan fingerprint density at radius 2 is 1.92 bits per heavy atom. The molecule has 2 atom stereocenters. The van der Waals surface area contributed by atoms with E-state index < -0.39 is 21.1 Å². The zero-order chi connectivity index (χ0) is 18.6. The first kappa shape index (κ1) is 20.1. The van der Waals surface area contributed by atoms with Crippen LogP contribution >= 0.6 is 27.3 Å². The molecule has 1 heterocycles. The van der Waals surface area contributed by atoms with Crippen LogP contribution in [0.1, 0.15) is 35.4 Å². The number of thiophene rings is 1. The van der Waals surface area contributed by atoms with E-state index in [-0.39, 0.29) is 5.91 Å². The normalized spacial score (nSPS) is 14.1. The van der Waals surface area contributed by atoms with Gasteiger partial charge in [0.15, 0.2) is 9.84 Å². The highest BCUT2D eigenvalue weighted by Gasteiger charge is 2.28. The first-order chi connectivity index (χ1) is 11.7. The molecule has 4 nitrogen and oxygen atoms in total. The molecule has 2 unspecified atom stereocenters. The zero-order valence-corrected chi connectivity index (χ0v) is 17.7. The average molecular weight is 444 g/mol. The van der Waals surface area contributed by atoms with Gasteiger partial charge in [-0.1, -0.05) is 29.8 Å². The SMILES string of the molecule is Cc1ccc(C(NC(=O)CCc2cc(Br)cs2)C(C)S(C)(=O)=O)cc1. The number of carbonyl (C=O) groups excluding carboxylic acids is 1. The lowest BCUT2D eigenvalue weighted by molar-refractivity contribution is -0.121. The van der Waals surface area contributed by atoms with Crippen molar-refractivity contribution in [2.75, 3.05) is 6.26 Å². The van der Waals surface area contributed by atoms with Crippen LogP contribution in [0.25, 0.3) is 0 Å². The van der Waals surface area contributed by atoms with E-state index in [9.17, 15) is 13.2 Å². The van der Waals surface area contributed by atoms with Crippen molar-refractivity contribution in [1.29, 1.82) is 0 Å². The van der Waals surface area contributed by atoms with Crippen molar-refractivity contribution in [2.45, 2.75) is 38.0 Å². The third kappa shape index (κ3) is 5.94. The minimum atomic E-state index is -3.29. The lowest BCUT2D eigenvalue weighted by Gasteiger charge is -2.24. The van der Waals surface area contributed by atoms with Gasteiger partial charge in [-0.3, -0.25) is 4.79 Å². The van der Waals surface area contributed by atoms with Gasteiger partial charge in [0.1, 0.15) is 0 Å². The topological polar surface area (TPSA) is 63.2 Å². The van der Waals surface area contributed by atoms with Crippen LogP contribution in [0.4, 0.5) is 0 Å². The van der Waals surface area contributed by atoms with Crippen LogP contribution in [0, 0.1) is 6.92 Å². The summed E-state index contributed by atoms with van der Waals surface area (Å²) in [6.45, 7) is 3.60. The van der Waals surface area contributed by atoms with Gasteiger partial charge in [0.2, 0.25) is 5.91 Å². The molecule has 1 aromatic carbocycles. The summed E-state index contributed by atoms with van der Waals surface area (Å²) in [6, 6.07) is 9.03. The van der Waals surface area contributed by atoms with Gasteiger partial charge in [0.05, 0.1) is 11.3 Å². The van der Waals surface area contributed by atoms with Crippen LogP contribution < -0.4 is 5.32 Å². The number of halogens is 1. The van der Waals surface area contributed by atoms with E-state index in [0.717, 1.165) is 20.5 Å². The molecule has 1 amide bonds. The summed E-state index contributed by atoms with van der Waals surface area (Å²) in [6.07, 6.45) is 2.16. The maximum absolute atomic E-state index is 12.4. The van der Waals surface area contributed by atoms with Crippen molar-refractivity contribution in [2.24, 2.45) is 0 Å². The molecule has 2 aromatic rings. The molecule has 0 radical (unpaired) electrons. The molecule has 0 spiro atoms. The van der Waals surface area contributed by atoms with Crippen LogP contribution in [0.3, 0.4) is 0 Å². The van der Waals surface area contributed by atoms with E-state index in [2.05, 4.69) is 21.2 Å². The highest BCUT2D eigenvalue weighted by Crippen LogP contribution is 2.24. The van der Waals surface area contributed by atoms with Crippen molar-refractivity contribution in [3.05, 3.63) is 56.2 Å². The van der Waals surface area contributed by atoms with Crippen LogP contribution in [0.5, 0.6) is 0 Å². The molecule has 0 bridgehead atoms. The maximum Gasteiger partial charge on any atom is 0.220 e. The summed E-state index contributed by atoms with van der Waals surface area (Å²) in [5, 5.41) is 4.19. The highest BCUT2D eigenvalue weighted by atomic mass is 79.9. The van der Waals surface area contributed by atoms with Gasteiger partial charge in [0.25, 0.3) is 0 Å². The van der Waals surface area contributed by atoms with Crippen LogP contribution in [0.15, 0.2) is 40.2 Å². The Labute approximate surface area is 161 Å². The summed E-state index contributed by atoms with van der Waals surface area (Å²) in [4.78, 5) is 13.5. The molecule has 0 saturated carbocycles. The predicted octanol–water partition coefficient (Wildman–Crippen LogP) is 4.04. The molecule has 0 saturated heterocycles. The largest absolute Gasteiger partial charge is 0.348 e. The van der Waals surface area contributed by atoms with Crippen LogP contribution in [-0.4, -0.2) is 25.8 Å². The van der Waals surface area contributed by atoms with E-state index in [4.69, 9.17) is 0 Å².